The van der Waals surface area contributed by atoms with Crippen molar-refractivity contribution in [3.05, 3.63) is 11.6 Å². The van der Waals surface area contributed by atoms with Gasteiger partial charge in [0.05, 0.1) is 24.7 Å². The van der Waals surface area contributed by atoms with Crippen molar-refractivity contribution in [1.29, 1.82) is 0 Å². The van der Waals surface area contributed by atoms with Gasteiger partial charge in [-0.3, -0.25) is 9.59 Å². The van der Waals surface area contributed by atoms with Crippen LogP contribution < -0.4 is 0 Å². The van der Waals surface area contributed by atoms with E-state index >= 15 is 0 Å². The second-order valence-electron chi connectivity index (χ2n) is 13.0. The van der Waals surface area contributed by atoms with Gasteiger partial charge >= 0.3 is 5.97 Å². The highest BCUT2D eigenvalue weighted by atomic mass is 16.7. The van der Waals surface area contributed by atoms with E-state index in [-0.39, 0.29) is 53.7 Å². The molecule has 1 spiro atoms. The van der Waals surface area contributed by atoms with Crippen LogP contribution in [0.25, 0.3) is 0 Å². The standard InChI is InChI=1S/C29H42O6/c1-16-7-10-29(33-14-16)17(2)26-24(35-29)12-23-21-6-5-19-11-20(34-18(3)31)8-9-27(19,4)22(21)13-25(32)28(23,26)15-30/h12,16-17,19-22,24,26,30H,5-11,13-15H2,1-4H3/t16-,17-,19-,20-,21+,22-,24-,26-,27-,28+,29+/m0/s1. The number of ketones is 1. The number of esters is 1. The molecule has 11 atom stereocenters. The van der Waals surface area contributed by atoms with E-state index in [1.54, 1.807) is 0 Å². The highest BCUT2D eigenvalue weighted by molar-refractivity contribution is 5.91. The van der Waals surface area contributed by atoms with Crippen molar-refractivity contribution >= 4 is 11.8 Å². The Balaban J connectivity index is 1.31. The molecule has 2 heterocycles. The molecule has 6 aliphatic rings. The third-order valence-electron chi connectivity index (χ3n) is 11.5. The summed E-state index contributed by atoms with van der Waals surface area (Å²) in [5.41, 5.74) is 0.411. The molecule has 5 fully saturated rings. The Morgan fingerprint density at radius 2 is 2.00 bits per heavy atom. The van der Waals surface area contributed by atoms with Crippen LogP contribution in [0.2, 0.25) is 0 Å². The van der Waals surface area contributed by atoms with Gasteiger partial charge in [0.15, 0.2) is 5.79 Å². The van der Waals surface area contributed by atoms with E-state index in [1.807, 2.05) is 0 Å². The zero-order chi connectivity index (χ0) is 24.8. The van der Waals surface area contributed by atoms with Gasteiger partial charge in [0.1, 0.15) is 11.9 Å². The first kappa shape index (κ1) is 24.1. The summed E-state index contributed by atoms with van der Waals surface area (Å²) < 4.78 is 18.6. The maximum atomic E-state index is 14.2. The Morgan fingerprint density at radius 3 is 2.69 bits per heavy atom. The van der Waals surface area contributed by atoms with Gasteiger partial charge in [0.2, 0.25) is 0 Å². The highest BCUT2D eigenvalue weighted by Crippen LogP contribution is 2.68. The van der Waals surface area contributed by atoms with Crippen LogP contribution in [0.4, 0.5) is 0 Å². The SMILES string of the molecule is CC(=O)O[C@H]1CC[C@@]2(C)[C@@H](CC[C@H]3C4=C[C@@H]5O[C@]6(CC[C@H](C)CO6)[C@@H](C)[C@@H]5[C@@]4(CO)C(=O)C[C@@H]32)C1. The first-order chi connectivity index (χ1) is 16.6. The molecule has 0 bridgehead atoms. The average molecular weight is 487 g/mol. The van der Waals surface area contributed by atoms with Crippen LogP contribution in [0.5, 0.6) is 0 Å². The van der Waals surface area contributed by atoms with Crippen LogP contribution in [0.3, 0.4) is 0 Å². The van der Waals surface area contributed by atoms with E-state index in [0.717, 1.165) is 44.9 Å². The normalized spacial score (nSPS) is 52.8. The number of rotatable bonds is 2. The Labute approximate surface area is 209 Å². The second-order valence-corrected chi connectivity index (χ2v) is 13.0. The summed E-state index contributed by atoms with van der Waals surface area (Å²) in [4.78, 5) is 25.7. The minimum atomic E-state index is -0.820. The molecular weight excluding hydrogens is 444 g/mol. The Bertz CT molecular complexity index is 933. The van der Waals surface area contributed by atoms with Crippen LogP contribution in [-0.4, -0.2) is 48.1 Å². The minimum Gasteiger partial charge on any atom is -0.463 e. The summed E-state index contributed by atoms with van der Waals surface area (Å²) in [6.45, 7) is 8.83. The average Bonchev–Trinajstić information content (AvgIpc) is 3.28. The molecule has 35 heavy (non-hydrogen) atoms. The van der Waals surface area contributed by atoms with Gasteiger partial charge in [-0.1, -0.05) is 32.4 Å². The first-order valence-electron chi connectivity index (χ1n) is 14.0. The lowest BCUT2D eigenvalue weighted by molar-refractivity contribution is -0.265. The van der Waals surface area contributed by atoms with Crippen LogP contribution in [-0.2, 0) is 23.8 Å². The number of hydrogen-bond donors (Lipinski definition) is 1. The summed E-state index contributed by atoms with van der Waals surface area (Å²) in [7, 11) is 0. The van der Waals surface area contributed by atoms with Crippen molar-refractivity contribution in [1.82, 2.24) is 0 Å². The molecule has 2 aliphatic heterocycles. The fourth-order valence-electron chi connectivity index (χ4n) is 9.59. The summed E-state index contributed by atoms with van der Waals surface area (Å²) in [6, 6.07) is 0. The Morgan fingerprint density at radius 1 is 1.20 bits per heavy atom. The van der Waals surface area contributed by atoms with Gasteiger partial charge in [-0.05, 0) is 67.6 Å². The molecule has 0 amide bonds. The third-order valence-corrected chi connectivity index (χ3v) is 11.5. The molecule has 3 saturated carbocycles. The zero-order valence-corrected chi connectivity index (χ0v) is 21.8. The van der Waals surface area contributed by atoms with Gasteiger partial charge in [0, 0.05) is 31.6 Å². The first-order valence-corrected chi connectivity index (χ1v) is 14.0. The summed E-state index contributed by atoms with van der Waals surface area (Å²) in [6.07, 6.45) is 9.43. The van der Waals surface area contributed by atoms with Gasteiger partial charge in [-0.15, -0.1) is 0 Å². The quantitative estimate of drug-likeness (QED) is 0.459. The summed E-state index contributed by atoms with van der Waals surface area (Å²) in [5, 5.41) is 10.9. The number of Topliss-reactive ketones (excluding diaryl/α,β-unsaturated/α-hetero) is 1. The third kappa shape index (κ3) is 3.24. The summed E-state index contributed by atoms with van der Waals surface area (Å²) in [5.74, 6) is 1.00. The monoisotopic (exact) mass is 486 g/mol. The fraction of sp³-hybridized carbons (Fsp3) is 0.862. The lowest BCUT2D eigenvalue weighted by Crippen LogP contribution is -2.58. The predicted molar refractivity (Wildman–Crippen MR) is 129 cm³/mol. The zero-order valence-electron chi connectivity index (χ0n) is 21.8. The van der Waals surface area contributed by atoms with Gasteiger partial charge in [-0.25, -0.2) is 0 Å². The number of fused-ring (bicyclic) bond motifs is 7. The van der Waals surface area contributed by atoms with E-state index in [0.29, 0.717) is 30.8 Å². The smallest absolute Gasteiger partial charge is 0.302 e. The second kappa shape index (κ2) is 8.13. The molecule has 6 heteroatoms. The van der Waals surface area contributed by atoms with Crippen molar-refractivity contribution in [2.45, 2.75) is 97.1 Å². The van der Waals surface area contributed by atoms with Crippen molar-refractivity contribution in [2.75, 3.05) is 13.2 Å². The van der Waals surface area contributed by atoms with Gasteiger partial charge in [0.25, 0.3) is 0 Å². The molecule has 6 nitrogen and oxygen atoms in total. The highest BCUT2D eigenvalue weighted by Gasteiger charge is 2.70. The molecule has 0 radical (unpaired) electrons. The number of aliphatic hydroxyl groups is 1. The maximum absolute atomic E-state index is 14.2. The molecule has 194 valence electrons. The van der Waals surface area contributed by atoms with E-state index < -0.39 is 11.2 Å². The van der Waals surface area contributed by atoms with E-state index in [9.17, 15) is 14.7 Å². The topological polar surface area (TPSA) is 82.1 Å². The van der Waals surface area contributed by atoms with E-state index in [4.69, 9.17) is 14.2 Å². The van der Waals surface area contributed by atoms with Crippen LogP contribution in [0.15, 0.2) is 11.6 Å². The molecule has 6 rings (SSSR count). The lowest BCUT2D eigenvalue weighted by Gasteiger charge is -2.59. The largest absolute Gasteiger partial charge is 0.463 e. The van der Waals surface area contributed by atoms with Crippen molar-refractivity contribution in [2.24, 2.45) is 46.3 Å². The molecule has 4 aliphatic carbocycles. The number of ether oxygens (including phenoxy) is 3. The number of aliphatic hydroxyl groups excluding tert-OH is 1. The van der Waals surface area contributed by atoms with Gasteiger partial charge in [-0.2, -0.15) is 0 Å². The molecule has 2 saturated heterocycles. The van der Waals surface area contributed by atoms with Crippen LogP contribution >= 0.6 is 0 Å². The van der Waals surface area contributed by atoms with Crippen molar-refractivity contribution in [3.8, 4) is 0 Å². The molecule has 0 unspecified atom stereocenters. The maximum Gasteiger partial charge on any atom is 0.302 e. The molecular formula is C29H42O6. The number of hydrogen-bond acceptors (Lipinski definition) is 6. The van der Waals surface area contributed by atoms with Crippen molar-refractivity contribution in [3.63, 3.8) is 0 Å². The van der Waals surface area contributed by atoms with Gasteiger partial charge < -0.3 is 19.3 Å². The predicted octanol–water partition coefficient (Wildman–Crippen LogP) is 4.44. The lowest BCUT2D eigenvalue weighted by atomic mass is 9.45. The Kier molecular flexibility index (Phi) is 5.60. The minimum absolute atomic E-state index is 0.00616. The molecule has 0 aromatic carbocycles. The van der Waals surface area contributed by atoms with Crippen LogP contribution in [0.1, 0.15) is 79.1 Å². The van der Waals surface area contributed by atoms with E-state index in [2.05, 4.69) is 26.8 Å². The molecule has 0 aromatic rings. The Hall–Kier alpha value is -1.24. The molecule has 1 N–H and O–H groups in total. The molecule has 0 aromatic heterocycles. The fourth-order valence-corrected chi connectivity index (χ4v) is 9.59. The summed E-state index contributed by atoms with van der Waals surface area (Å²) >= 11 is 0. The van der Waals surface area contributed by atoms with Crippen LogP contribution in [0, 0.1) is 46.3 Å². The van der Waals surface area contributed by atoms with E-state index in [1.165, 1.54) is 12.5 Å². The number of carbonyl (C=O) groups is 2. The van der Waals surface area contributed by atoms with Crippen molar-refractivity contribution < 1.29 is 28.9 Å². The number of carbonyl (C=O) groups excluding carboxylic acids is 2.